The fraction of sp³-hybridized carbons (Fsp3) is 0.480. The average Bonchev–Trinajstić information content (AvgIpc) is 2.74. The van der Waals surface area contributed by atoms with Crippen molar-refractivity contribution in [3.63, 3.8) is 0 Å². The van der Waals surface area contributed by atoms with Crippen LogP contribution in [0.25, 0.3) is 0 Å². The third-order valence-electron chi connectivity index (χ3n) is 5.63. The van der Waals surface area contributed by atoms with Gasteiger partial charge in [-0.1, -0.05) is 62.7 Å². The molecule has 2 aromatic carbocycles. The van der Waals surface area contributed by atoms with Gasteiger partial charge < -0.3 is 10.1 Å². The van der Waals surface area contributed by atoms with Crippen LogP contribution in [0, 0.1) is 0 Å². The molecule has 0 unspecified atom stereocenters. The van der Waals surface area contributed by atoms with Crippen molar-refractivity contribution in [3.8, 4) is 5.75 Å². The predicted molar refractivity (Wildman–Crippen MR) is 118 cm³/mol. The standard InChI is InChI=1S/C25H34N2O2/c1-19(2)23-13-7-8-14-24(23)29-20(3)25(28)26-17-21-11-5-6-12-22(21)18-27-15-9-4-10-16-27/h5-8,11-14,19-20H,4,9-10,15-18H2,1-3H3,(H,26,28)/t20-/m0/s1. The van der Waals surface area contributed by atoms with E-state index >= 15 is 0 Å². The molecule has 0 radical (unpaired) electrons. The number of para-hydroxylation sites is 1. The second-order valence-electron chi connectivity index (χ2n) is 8.28. The lowest BCUT2D eigenvalue weighted by Gasteiger charge is -2.27. The SMILES string of the molecule is CC(C)c1ccccc1O[C@@H](C)C(=O)NCc1ccccc1CN1CCCCC1. The van der Waals surface area contributed by atoms with Crippen LogP contribution in [0.15, 0.2) is 48.5 Å². The summed E-state index contributed by atoms with van der Waals surface area (Å²) in [6, 6.07) is 16.4. The molecule has 0 spiro atoms. The Morgan fingerprint density at radius 1 is 0.966 bits per heavy atom. The van der Waals surface area contributed by atoms with Gasteiger partial charge in [-0.05, 0) is 61.5 Å². The highest BCUT2D eigenvalue weighted by Crippen LogP contribution is 2.26. The number of amides is 1. The maximum atomic E-state index is 12.7. The van der Waals surface area contributed by atoms with E-state index in [1.54, 1.807) is 0 Å². The number of hydrogen-bond acceptors (Lipinski definition) is 3. The quantitative estimate of drug-likeness (QED) is 0.694. The van der Waals surface area contributed by atoms with Gasteiger partial charge in [-0.15, -0.1) is 0 Å². The Morgan fingerprint density at radius 3 is 2.34 bits per heavy atom. The summed E-state index contributed by atoms with van der Waals surface area (Å²) in [5.74, 6) is 1.05. The van der Waals surface area contributed by atoms with Gasteiger partial charge in [0.2, 0.25) is 0 Å². The van der Waals surface area contributed by atoms with E-state index < -0.39 is 6.10 Å². The Bertz CT molecular complexity index is 797. The lowest BCUT2D eigenvalue weighted by Crippen LogP contribution is -2.36. The molecule has 4 nitrogen and oxygen atoms in total. The molecule has 1 amide bonds. The van der Waals surface area contributed by atoms with Crippen molar-refractivity contribution in [1.29, 1.82) is 0 Å². The van der Waals surface area contributed by atoms with Crippen LogP contribution in [0.5, 0.6) is 5.75 Å². The summed E-state index contributed by atoms with van der Waals surface area (Å²) in [5.41, 5.74) is 3.61. The minimum atomic E-state index is -0.538. The molecule has 0 bridgehead atoms. The Morgan fingerprint density at radius 2 is 1.62 bits per heavy atom. The van der Waals surface area contributed by atoms with Crippen LogP contribution in [0.2, 0.25) is 0 Å². The number of benzene rings is 2. The Kier molecular flexibility index (Phi) is 7.70. The summed E-state index contributed by atoms with van der Waals surface area (Å²) >= 11 is 0. The first kappa shape index (κ1) is 21.4. The van der Waals surface area contributed by atoms with E-state index in [2.05, 4.69) is 48.3 Å². The minimum Gasteiger partial charge on any atom is -0.481 e. The molecule has 0 saturated carbocycles. The van der Waals surface area contributed by atoms with Gasteiger partial charge in [0.1, 0.15) is 5.75 Å². The average molecular weight is 395 g/mol. The van der Waals surface area contributed by atoms with Crippen LogP contribution in [0.3, 0.4) is 0 Å². The first-order chi connectivity index (χ1) is 14.0. The number of rotatable bonds is 8. The third-order valence-corrected chi connectivity index (χ3v) is 5.63. The fourth-order valence-electron chi connectivity index (χ4n) is 3.88. The molecule has 156 valence electrons. The van der Waals surface area contributed by atoms with Crippen molar-refractivity contribution in [2.75, 3.05) is 13.1 Å². The van der Waals surface area contributed by atoms with Gasteiger partial charge in [0.05, 0.1) is 0 Å². The minimum absolute atomic E-state index is 0.0867. The number of nitrogens with one attached hydrogen (secondary N) is 1. The van der Waals surface area contributed by atoms with Crippen molar-refractivity contribution in [1.82, 2.24) is 10.2 Å². The molecule has 29 heavy (non-hydrogen) atoms. The van der Waals surface area contributed by atoms with Gasteiger partial charge >= 0.3 is 0 Å². The largest absolute Gasteiger partial charge is 0.481 e. The van der Waals surface area contributed by atoms with E-state index in [0.29, 0.717) is 12.5 Å². The molecule has 0 aliphatic carbocycles. The van der Waals surface area contributed by atoms with Crippen LogP contribution in [-0.2, 0) is 17.9 Å². The molecule has 0 aromatic heterocycles. The highest BCUT2D eigenvalue weighted by atomic mass is 16.5. The zero-order valence-corrected chi connectivity index (χ0v) is 18.0. The normalized spacial score (nSPS) is 15.9. The third kappa shape index (κ3) is 6.07. The Labute approximate surface area is 175 Å². The molecule has 3 rings (SSSR count). The number of nitrogens with zero attached hydrogens (tertiary/aromatic N) is 1. The first-order valence-electron chi connectivity index (χ1n) is 10.9. The van der Waals surface area contributed by atoms with Crippen molar-refractivity contribution >= 4 is 5.91 Å². The van der Waals surface area contributed by atoms with E-state index in [1.165, 1.54) is 43.5 Å². The van der Waals surface area contributed by atoms with E-state index in [0.717, 1.165) is 17.9 Å². The van der Waals surface area contributed by atoms with Crippen LogP contribution >= 0.6 is 0 Å². The molecule has 1 saturated heterocycles. The van der Waals surface area contributed by atoms with Gasteiger partial charge in [0.25, 0.3) is 5.91 Å². The number of carbonyl (C=O) groups excluding carboxylic acids is 1. The van der Waals surface area contributed by atoms with Crippen LogP contribution < -0.4 is 10.1 Å². The van der Waals surface area contributed by atoms with Gasteiger partial charge in [-0.3, -0.25) is 9.69 Å². The monoisotopic (exact) mass is 394 g/mol. The smallest absolute Gasteiger partial charge is 0.261 e. The summed E-state index contributed by atoms with van der Waals surface area (Å²) in [4.78, 5) is 15.2. The summed E-state index contributed by atoms with van der Waals surface area (Å²) < 4.78 is 5.99. The Hall–Kier alpha value is -2.33. The molecular formula is C25H34N2O2. The summed E-state index contributed by atoms with van der Waals surface area (Å²) in [5, 5.41) is 3.06. The molecule has 1 N–H and O–H groups in total. The van der Waals surface area contributed by atoms with E-state index in [1.807, 2.05) is 31.2 Å². The van der Waals surface area contributed by atoms with Crippen LogP contribution in [0.4, 0.5) is 0 Å². The zero-order valence-electron chi connectivity index (χ0n) is 18.0. The van der Waals surface area contributed by atoms with Gasteiger partial charge in [-0.25, -0.2) is 0 Å². The molecule has 2 aromatic rings. The van der Waals surface area contributed by atoms with E-state index in [9.17, 15) is 4.79 Å². The van der Waals surface area contributed by atoms with Crippen molar-refractivity contribution < 1.29 is 9.53 Å². The van der Waals surface area contributed by atoms with E-state index in [4.69, 9.17) is 4.74 Å². The highest BCUT2D eigenvalue weighted by Gasteiger charge is 2.18. The zero-order chi connectivity index (χ0) is 20.6. The van der Waals surface area contributed by atoms with Crippen molar-refractivity contribution in [2.24, 2.45) is 0 Å². The predicted octanol–water partition coefficient (Wildman–Crippen LogP) is 4.88. The molecule has 1 aliphatic heterocycles. The van der Waals surface area contributed by atoms with Crippen molar-refractivity contribution in [2.45, 2.75) is 65.1 Å². The van der Waals surface area contributed by atoms with Gasteiger partial charge in [0.15, 0.2) is 6.10 Å². The number of carbonyl (C=O) groups is 1. The molecule has 1 aliphatic rings. The number of ether oxygens (including phenoxy) is 1. The summed E-state index contributed by atoms with van der Waals surface area (Å²) in [7, 11) is 0. The lowest BCUT2D eigenvalue weighted by molar-refractivity contribution is -0.127. The summed E-state index contributed by atoms with van der Waals surface area (Å²) in [6.45, 7) is 9.90. The second kappa shape index (κ2) is 10.4. The van der Waals surface area contributed by atoms with Gasteiger partial charge in [0, 0.05) is 13.1 Å². The summed E-state index contributed by atoms with van der Waals surface area (Å²) in [6.07, 6.45) is 3.37. The Balaban J connectivity index is 1.58. The maximum Gasteiger partial charge on any atom is 0.261 e. The van der Waals surface area contributed by atoms with Crippen LogP contribution in [0.1, 0.15) is 62.6 Å². The van der Waals surface area contributed by atoms with Gasteiger partial charge in [-0.2, -0.15) is 0 Å². The molecule has 1 heterocycles. The topological polar surface area (TPSA) is 41.6 Å². The molecule has 1 fully saturated rings. The van der Waals surface area contributed by atoms with E-state index in [-0.39, 0.29) is 5.91 Å². The lowest BCUT2D eigenvalue weighted by atomic mass is 10.0. The first-order valence-corrected chi connectivity index (χ1v) is 10.9. The second-order valence-corrected chi connectivity index (χ2v) is 8.28. The molecular weight excluding hydrogens is 360 g/mol. The number of hydrogen-bond donors (Lipinski definition) is 1. The fourth-order valence-corrected chi connectivity index (χ4v) is 3.88. The van der Waals surface area contributed by atoms with Crippen molar-refractivity contribution in [3.05, 3.63) is 65.2 Å². The maximum absolute atomic E-state index is 12.7. The molecule has 1 atom stereocenters. The highest BCUT2D eigenvalue weighted by molar-refractivity contribution is 5.80. The van der Waals surface area contributed by atoms with Crippen LogP contribution in [-0.4, -0.2) is 30.0 Å². The molecule has 4 heteroatoms. The number of likely N-dealkylation sites (tertiary alicyclic amines) is 1. The number of piperidine rings is 1.